The van der Waals surface area contributed by atoms with Gasteiger partial charge in [0, 0.05) is 27.4 Å². The molecule has 4 nitrogen and oxygen atoms in total. The SMILES string of the molecule is CO[Si](CCCN[SiH3])(OC)OC. The molecule has 0 unspecified atom stereocenters. The quantitative estimate of drug-likeness (QED) is 0.437. The minimum Gasteiger partial charge on any atom is -0.377 e. The Balaban J connectivity index is 3.76. The van der Waals surface area contributed by atoms with E-state index in [4.69, 9.17) is 13.3 Å². The minimum absolute atomic E-state index is 0.881. The molecule has 0 fully saturated rings. The van der Waals surface area contributed by atoms with Crippen molar-refractivity contribution in [2.45, 2.75) is 12.5 Å². The van der Waals surface area contributed by atoms with Crippen molar-refractivity contribution in [1.29, 1.82) is 0 Å². The maximum Gasteiger partial charge on any atom is 0.500 e. The molecule has 0 bridgehead atoms. The van der Waals surface area contributed by atoms with E-state index < -0.39 is 8.80 Å². The third-order valence-electron chi connectivity index (χ3n) is 1.84. The van der Waals surface area contributed by atoms with Crippen LogP contribution in [0.2, 0.25) is 6.04 Å². The van der Waals surface area contributed by atoms with Crippen molar-refractivity contribution in [3.63, 3.8) is 0 Å². The summed E-state index contributed by atoms with van der Waals surface area (Å²) >= 11 is 0. The van der Waals surface area contributed by atoms with Gasteiger partial charge in [-0.05, 0) is 13.0 Å². The van der Waals surface area contributed by atoms with Gasteiger partial charge in [0.15, 0.2) is 0 Å². The lowest BCUT2D eigenvalue weighted by atomic mass is 10.5. The summed E-state index contributed by atoms with van der Waals surface area (Å²) in [6.45, 7) is 1.02. The van der Waals surface area contributed by atoms with Gasteiger partial charge in [0.2, 0.25) is 0 Å². The van der Waals surface area contributed by atoms with Crippen LogP contribution in [0.1, 0.15) is 6.42 Å². The molecule has 0 aliphatic heterocycles. The van der Waals surface area contributed by atoms with Gasteiger partial charge in [-0.25, -0.2) is 0 Å². The normalized spacial score (nSPS) is 12.2. The van der Waals surface area contributed by atoms with Gasteiger partial charge in [-0.1, -0.05) is 0 Å². The highest BCUT2D eigenvalue weighted by Crippen LogP contribution is 2.13. The van der Waals surface area contributed by atoms with E-state index in [0.29, 0.717) is 0 Å². The largest absolute Gasteiger partial charge is 0.500 e. The van der Waals surface area contributed by atoms with Gasteiger partial charge >= 0.3 is 8.80 Å². The van der Waals surface area contributed by atoms with Crippen molar-refractivity contribution >= 4 is 19.2 Å². The number of hydrogen-bond acceptors (Lipinski definition) is 4. The van der Waals surface area contributed by atoms with Gasteiger partial charge < -0.3 is 18.3 Å². The fourth-order valence-electron chi connectivity index (χ4n) is 1.04. The zero-order valence-corrected chi connectivity index (χ0v) is 11.3. The highest BCUT2D eigenvalue weighted by molar-refractivity contribution is 6.60. The second-order valence-electron chi connectivity index (χ2n) is 2.50. The lowest BCUT2D eigenvalue weighted by molar-refractivity contribution is 0.123. The molecule has 0 heterocycles. The summed E-state index contributed by atoms with van der Waals surface area (Å²) < 4.78 is 15.8. The molecule has 0 atom stereocenters. The van der Waals surface area contributed by atoms with Gasteiger partial charge in [0.1, 0.15) is 0 Å². The molecule has 0 aliphatic carbocycles. The summed E-state index contributed by atoms with van der Waals surface area (Å²) in [5.74, 6) is 0. The first-order chi connectivity index (χ1) is 5.74. The van der Waals surface area contributed by atoms with Crippen LogP contribution in [0.5, 0.6) is 0 Å². The molecule has 6 heteroatoms. The summed E-state index contributed by atoms with van der Waals surface area (Å²) in [6, 6.07) is 0.881. The molecule has 1 N–H and O–H groups in total. The second kappa shape index (κ2) is 6.75. The molecule has 12 heavy (non-hydrogen) atoms. The topological polar surface area (TPSA) is 39.7 Å². The van der Waals surface area contributed by atoms with Crippen LogP contribution >= 0.6 is 0 Å². The molecule has 0 radical (unpaired) electrons. The van der Waals surface area contributed by atoms with Gasteiger partial charge in [-0.2, -0.15) is 0 Å². The fourth-order valence-corrected chi connectivity index (χ4v) is 3.11. The Morgan fingerprint density at radius 2 is 1.67 bits per heavy atom. The molecule has 0 aromatic rings. The van der Waals surface area contributed by atoms with E-state index in [9.17, 15) is 0 Å². The van der Waals surface area contributed by atoms with Crippen LogP contribution in [0.4, 0.5) is 0 Å². The van der Waals surface area contributed by atoms with Crippen LogP contribution < -0.4 is 4.98 Å². The van der Waals surface area contributed by atoms with Crippen molar-refractivity contribution in [3.8, 4) is 0 Å². The molecule has 0 aliphatic rings. The van der Waals surface area contributed by atoms with Crippen LogP contribution in [-0.4, -0.2) is 47.1 Å². The predicted octanol–water partition coefficient (Wildman–Crippen LogP) is -0.875. The van der Waals surface area contributed by atoms with E-state index in [-0.39, 0.29) is 0 Å². The van der Waals surface area contributed by atoms with Gasteiger partial charge in [0.05, 0.1) is 10.4 Å². The van der Waals surface area contributed by atoms with Gasteiger partial charge in [0.25, 0.3) is 0 Å². The van der Waals surface area contributed by atoms with Gasteiger partial charge in [-0.15, -0.1) is 0 Å². The average Bonchev–Trinajstić information content (AvgIpc) is 2.14. The Morgan fingerprint density at radius 1 is 1.17 bits per heavy atom. The maximum absolute atomic E-state index is 5.26. The first kappa shape index (κ1) is 12.3. The third-order valence-corrected chi connectivity index (χ3v) is 5.17. The van der Waals surface area contributed by atoms with E-state index in [1.165, 1.54) is 0 Å². The number of rotatable bonds is 7. The second-order valence-corrected chi connectivity index (χ2v) is 6.30. The smallest absolute Gasteiger partial charge is 0.377 e. The number of nitrogens with one attached hydrogen (secondary N) is 1. The molecule has 0 saturated heterocycles. The third kappa shape index (κ3) is 3.79. The predicted molar refractivity (Wildman–Crippen MR) is 54.1 cm³/mol. The highest BCUT2D eigenvalue weighted by atomic mass is 28.4. The van der Waals surface area contributed by atoms with Crippen molar-refractivity contribution in [3.05, 3.63) is 0 Å². The van der Waals surface area contributed by atoms with Crippen molar-refractivity contribution in [2.75, 3.05) is 27.9 Å². The number of hydrogen-bond donors (Lipinski definition) is 1. The van der Waals surface area contributed by atoms with Crippen molar-refractivity contribution < 1.29 is 13.3 Å². The van der Waals surface area contributed by atoms with Gasteiger partial charge in [-0.3, -0.25) is 0 Å². The zero-order chi connectivity index (χ0) is 9.45. The van der Waals surface area contributed by atoms with Crippen molar-refractivity contribution in [1.82, 2.24) is 4.98 Å². The molecule has 0 aromatic heterocycles. The molecule has 0 saturated carbocycles. The van der Waals surface area contributed by atoms with E-state index in [0.717, 1.165) is 29.4 Å². The van der Waals surface area contributed by atoms with Crippen LogP contribution in [0.15, 0.2) is 0 Å². The fraction of sp³-hybridized carbons (Fsp3) is 1.00. The molecule has 0 aromatic carbocycles. The lowest BCUT2D eigenvalue weighted by Gasteiger charge is -2.24. The summed E-state index contributed by atoms with van der Waals surface area (Å²) in [5.41, 5.74) is 0. The first-order valence-electron chi connectivity index (χ1n) is 4.04. The van der Waals surface area contributed by atoms with Crippen molar-refractivity contribution in [2.24, 2.45) is 0 Å². The van der Waals surface area contributed by atoms with E-state index in [1.807, 2.05) is 0 Å². The van der Waals surface area contributed by atoms with E-state index >= 15 is 0 Å². The Morgan fingerprint density at radius 3 is 2.00 bits per heavy atom. The first-order valence-corrected chi connectivity index (χ1v) is 6.98. The molecular weight excluding hydrogens is 190 g/mol. The zero-order valence-electron chi connectivity index (χ0n) is 8.35. The van der Waals surface area contributed by atoms with Crippen LogP contribution in [0.25, 0.3) is 0 Å². The minimum atomic E-state index is -2.28. The molecule has 74 valence electrons. The summed E-state index contributed by atoms with van der Waals surface area (Å²) in [7, 11) is 3.70. The standard InChI is InChI=1S/C6H19NO3Si2/c1-8-12(9-2,10-3)6-4-5-7-11/h7H,4-6H2,1-3,11H3. The van der Waals surface area contributed by atoms with E-state index in [1.54, 1.807) is 21.3 Å². The summed E-state index contributed by atoms with van der Waals surface area (Å²) in [5, 5.41) is 0. The molecule has 0 rings (SSSR count). The highest BCUT2D eigenvalue weighted by Gasteiger charge is 2.36. The van der Waals surface area contributed by atoms with E-state index in [2.05, 4.69) is 4.98 Å². The molecule has 0 spiro atoms. The summed E-state index contributed by atoms with van der Waals surface area (Å²) in [6.07, 6.45) is 1.05. The van der Waals surface area contributed by atoms with Crippen LogP contribution in [0, 0.1) is 0 Å². The Bertz CT molecular complexity index is 103. The summed E-state index contributed by atoms with van der Waals surface area (Å²) in [4.78, 5) is 3.21. The monoisotopic (exact) mass is 209 g/mol. The Hall–Kier alpha value is 0.274. The average molecular weight is 209 g/mol. The Labute approximate surface area is 78.5 Å². The Kier molecular flexibility index (Phi) is 6.91. The molecule has 0 amide bonds. The van der Waals surface area contributed by atoms with Crippen LogP contribution in [0.3, 0.4) is 0 Å². The molecular formula is C6H19NO3Si2. The van der Waals surface area contributed by atoms with Crippen LogP contribution in [-0.2, 0) is 13.3 Å². The maximum atomic E-state index is 5.26. The lowest BCUT2D eigenvalue weighted by Crippen LogP contribution is -2.43.